The van der Waals surface area contributed by atoms with Gasteiger partial charge in [0.05, 0.1) is 33.2 Å². The van der Waals surface area contributed by atoms with E-state index in [1.165, 1.54) is 40.9 Å². The minimum absolute atomic E-state index is 0. The molecular weight excluding hydrogens is 859 g/mol. The third-order valence-electron chi connectivity index (χ3n) is 6.30. The topological polar surface area (TPSA) is 163 Å². The molecule has 2 radical (unpaired) electrons. The summed E-state index contributed by atoms with van der Waals surface area (Å²) in [5.74, 6) is -2.16. The third kappa shape index (κ3) is 15.5. The monoisotopic (exact) mass is 913 g/mol. The minimum Gasteiger partial charge on any atom is -0.520 e. The number of hydrogen-bond acceptors (Lipinski definition) is 7. The zero-order valence-corrected chi connectivity index (χ0v) is 31.8. The summed E-state index contributed by atoms with van der Waals surface area (Å²) >= 11 is 0. The molecule has 0 aromatic heterocycles. The second-order valence-electron chi connectivity index (χ2n) is 8.97. The molecule has 2 aromatic carbocycles. The minimum atomic E-state index is -0.694. The molecule has 1 aliphatic rings. The second-order valence-corrected chi connectivity index (χ2v) is 8.97. The van der Waals surface area contributed by atoms with E-state index in [0.29, 0.717) is 24.3 Å². The molecule has 272 valence electrons. The van der Waals surface area contributed by atoms with E-state index < -0.39 is 17.6 Å². The van der Waals surface area contributed by atoms with Crippen LogP contribution in [-0.4, -0.2) is 111 Å². The summed E-state index contributed by atoms with van der Waals surface area (Å²) in [5, 5.41) is 8.44. The van der Waals surface area contributed by atoms with Gasteiger partial charge in [0.1, 0.15) is 5.82 Å². The van der Waals surface area contributed by atoms with Crippen LogP contribution in [0.3, 0.4) is 0 Å². The predicted octanol–water partition coefficient (Wildman–Crippen LogP) is 3.45. The number of ether oxygens (including phenoxy) is 1. The molecule has 3 rings (SSSR count). The van der Waals surface area contributed by atoms with E-state index in [4.69, 9.17) is 21.6 Å². The summed E-state index contributed by atoms with van der Waals surface area (Å²) in [7, 11) is 4.50. The van der Waals surface area contributed by atoms with E-state index in [1.54, 1.807) is 29.5 Å². The SMILES string of the molecule is CC.CC.CC.N=C(Cc1ccc(F)c(C(=O)N2CCN(C(=O)CN([C-]=O)CCOCCN)CC2)c1)c1ccccc1C(N)=O.[B]C.[Fm]. The molecule has 11 nitrogen and oxygen atoms in total. The van der Waals surface area contributed by atoms with Gasteiger partial charge < -0.3 is 41.1 Å². The van der Waals surface area contributed by atoms with Gasteiger partial charge in [0.2, 0.25) is 11.8 Å². The Balaban J connectivity index is -0.00000209. The molecule has 0 atom stereocenters. The Kier molecular flexibility index (Phi) is 27.8. The van der Waals surface area contributed by atoms with Gasteiger partial charge in [-0.05, 0) is 23.8 Å². The summed E-state index contributed by atoms with van der Waals surface area (Å²) in [5.41, 5.74) is 11.8. The van der Waals surface area contributed by atoms with Gasteiger partial charge in [-0.25, -0.2) is 4.39 Å². The molecule has 0 bridgehead atoms. The number of primary amides is 1. The van der Waals surface area contributed by atoms with Gasteiger partial charge in [-0.1, -0.05) is 72.6 Å². The molecule has 1 saturated heterocycles. The average molecular weight is 913 g/mol. The normalized spacial score (nSPS) is 11.2. The standard InChI is InChI=1S/C27H32FN6O5.3C2H6.CH3B.Fm/c28-23-6-5-19(16-24(30)20-3-1-2-4-21(20)26(31)37)15-22(23)27(38)34-10-8-33(9-11-34)25(36)17-32(18-35)12-14-39-13-7-29;4*1-2;/h1-6,15,30H,7-14,16-17,29H2,(H2,31,37);3*1-2H3;1H3;/q-1;;;;;. The summed E-state index contributed by atoms with van der Waals surface area (Å²) in [4.78, 5) is 52.8. The van der Waals surface area contributed by atoms with Crippen molar-refractivity contribution in [2.75, 3.05) is 59.0 Å². The molecule has 0 saturated carbocycles. The molecule has 1 heterocycles. The van der Waals surface area contributed by atoms with Gasteiger partial charge in [0, 0.05) is 62.5 Å². The molecule has 0 aliphatic carbocycles. The maximum absolute atomic E-state index is 14.7. The first-order valence-electron chi connectivity index (χ1n) is 16.1. The number of carbonyl (C=O) groups excluding carboxylic acids is 4. The summed E-state index contributed by atoms with van der Waals surface area (Å²) in [6.07, 6.45) is 1.79. The van der Waals surface area contributed by atoms with Crippen molar-refractivity contribution in [3.05, 3.63) is 70.5 Å². The average Bonchev–Trinajstić information content (AvgIpc) is 3.13. The number of carbonyl (C=O) groups is 3. The molecule has 14 heteroatoms. The first-order valence-corrected chi connectivity index (χ1v) is 16.1. The number of benzene rings is 2. The van der Waals surface area contributed by atoms with Crippen LogP contribution in [-0.2, 0) is 20.7 Å². The Morgan fingerprint density at radius 1 is 0.917 bits per heavy atom. The maximum Gasteiger partial charge on any atom is 0.256 e. The number of hydrogen-bond donors (Lipinski definition) is 3. The van der Waals surface area contributed by atoms with Crippen molar-refractivity contribution in [3.8, 4) is 0 Å². The van der Waals surface area contributed by atoms with Crippen molar-refractivity contribution in [2.24, 2.45) is 11.5 Å². The van der Waals surface area contributed by atoms with Crippen molar-refractivity contribution >= 4 is 37.7 Å². The van der Waals surface area contributed by atoms with Crippen molar-refractivity contribution in [3.63, 3.8) is 0 Å². The van der Waals surface area contributed by atoms with Gasteiger partial charge in [-0.15, -0.1) is 0 Å². The van der Waals surface area contributed by atoms with Crippen molar-refractivity contribution in [2.45, 2.75) is 54.8 Å². The zero-order valence-electron chi connectivity index (χ0n) is 29.4. The van der Waals surface area contributed by atoms with Crippen LogP contribution in [0.1, 0.15) is 73.4 Å². The number of rotatable bonds is 13. The van der Waals surface area contributed by atoms with Crippen LogP contribution < -0.4 is 11.5 Å². The van der Waals surface area contributed by atoms with Gasteiger partial charge in [0.25, 0.3) is 5.91 Å². The van der Waals surface area contributed by atoms with Crippen LogP contribution in [0.25, 0.3) is 0 Å². The van der Waals surface area contributed by atoms with Crippen LogP contribution in [0.5, 0.6) is 0 Å². The summed E-state index contributed by atoms with van der Waals surface area (Å²) in [6.45, 7) is 15.3. The smallest absolute Gasteiger partial charge is 0.256 e. The maximum atomic E-state index is 14.7. The number of halogens is 1. The fraction of sp³-hybridized carbons (Fsp3) is 0.500. The number of nitrogens with two attached hydrogens (primary N) is 2. The Labute approximate surface area is 281 Å². The van der Waals surface area contributed by atoms with Crippen LogP contribution >= 0.6 is 0 Å². The summed E-state index contributed by atoms with van der Waals surface area (Å²) in [6, 6.07) is 10.5. The van der Waals surface area contributed by atoms with Gasteiger partial charge in [0.15, 0.2) is 0 Å². The fourth-order valence-corrected chi connectivity index (χ4v) is 4.22. The first kappa shape index (κ1) is 47.3. The van der Waals surface area contributed by atoms with Gasteiger partial charge >= 0.3 is 0 Å². The van der Waals surface area contributed by atoms with E-state index in [0.717, 1.165) is 0 Å². The van der Waals surface area contributed by atoms with Crippen molar-refractivity contribution in [1.29, 1.82) is 5.41 Å². The Morgan fingerprint density at radius 2 is 1.46 bits per heavy atom. The molecule has 5 N–H and O–H groups in total. The van der Waals surface area contributed by atoms with E-state index >= 15 is 0 Å². The molecule has 1 aliphatic heterocycles. The Morgan fingerprint density at radius 3 is 1.98 bits per heavy atom. The largest absolute Gasteiger partial charge is 0.520 e. The predicted molar refractivity (Wildman–Crippen MR) is 187 cm³/mol. The van der Waals surface area contributed by atoms with E-state index in [9.17, 15) is 23.6 Å². The van der Waals surface area contributed by atoms with E-state index in [-0.39, 0.29) is 75.0 Å². The van der Waals surface area contributed by atoms with Crippen molar-refractivity contribution < 1.29 is 28.3 Å². The first-order chi connectivity index (χ1) is 22.7. The van der Waals surface area contributed by atoms with E-state index in [2.05, 4.69) is 7.85 Å². The molecule has 0 spiro atoms. The molecule has 2 aromatic rings. The second kappa shape index (κ2) is 28.2. The van der Waals surface area contributed by atoms with Gasteiger partial charge in [-0.2, -0.15) is 6.41 Å². The van der Waals surface area contributed by atoms with Gasteiger partial charge in [-0.3, -0.25) is 14.4 Å². The number of piperazine rings is 1. The molecular formula is C34H53BFFmN6O5-. The molecule has 1 fully saturated rings. The number of nitrogens with zero attached hydrogens (tertiary/aromatic N) is 3. The molecule has 0 unspecified atom stereocenters. The molecule has 48 heavy (non-hydrogen) atoms. The quantitative estimate of drug-likeness (QED) is 0.0918. The molecule has 4 amide bonds. The fourth-order valence-electron chi connectivity index (χ4n) is 4.22. The van der Waals surface area contributed by atoms with Crippen LogP contribution in [0.15, 0.2) is 42.5 Å². The summed E-state index contributed by atoms with van der Waals surface area (Å²) < 4.78 is 19.9. The van der Waals surface area contributed by atoms with Crippen LogP contribution in [0, 0.1) is 11.2 Å². The van der Waals surface area contributed by atoms with Crippen molar-refractivity contribution in [1.82, 2.24) is 14.7 Å². The zero-order chi connectivity index (χ0) is 36.4. The van der Waals surface area contributed by atoms with E-state index in [1.807, 2.05) is 41.5 Å². The number of amides is 4. The Bertz CT molecular complexity index is 1230. The van der Waals surface area contributed by atoms with Crippen LogP contribution in [0.2, 0.25) is 6.82 Å². The number of nitrogens with one attached hydrogen (secondary N) is 1. The third-order valence-corrected chi connectivity index (χ3v) is 6.30. The Hall–Kier alpha value is -5.10. The van der Waals surface area contributed by atoms with Crippen LogP contribution in [0.4, 0.5) is 4.39 Å².